The molecule has 0 unspecified atom stereocenters. The molecule has 0 spiro atoms. The maximum atomic E-state index is 5.88. The Balaban J connectivity index is 1.98. The lowest BCUT2D eigenvalue weighted by molar-refractivity contribution is 0.448. The molecular formula is C12H15N3S2. The molecule has 3 nitrogen and oxygen atoms in total. The average molecular weight is 265 g/mol. The molecule has 1 aliphatic rings. The Kier molecular flexibility index (Phi) is 3.11. The van der Waals surface area contributed by atoms with E-state index in [0.29, 0.717) is 11.0 Å². The van der Waals surface area contributed by atoms with Gasteiger partial charge in [-0.1, -0.05) is 19.3 Å². The first-order chi connectivity index (χ1) is 8.34. The highest BCUT2D eigenvalue weighted by atomic mass is 32.1. The fraction of sp³-hybridized carbons (Fsp3) is 0.500. The average Bonchev–Trinajstić information content (AvgIpc) is 2.98. The van der Waals surface area contributed by atoms with Crippen molar-refractivity contribution in [3.63, 3.8) is 0 Å². The molecule has 0 amide bonds. The van der Waals surface area contributed by atoms with Crippen molar-refractivity contribution in [1.82, 2.24) is 9.97 Å². The predicted molar refractivity (Wildman–Crippen MR) is 73.5 cm³/mol. The van der Waals surface area contributed by atoms with E-state index >= 15 is 0 Å². The second-order valence-corrected chi connectivity index (χ2v) is 6.39. The highest BCUT2D eigenvalue weighted by Gasteiger charge is 2.23. The first-order valence-corrected chi connectivity index (χ1v) is 7.70. The summed E-state index contributed by atoms with van der Waals surface area (Å²) in [5, 5.41) is 3.68. The summed E-state index contributed by atoms with van der Waals surface area (Å²) in [5.74, 6) is 0.650. The lowest BCUT2D eigenvalue weighted by Gasteiger charge is -2.20. The first kappa shape index (κ1) is 11.2. The van der Waals surface area contributed by atoms with Crippen LogP contribution < -0.4 is 5.73 Å². The van der Waals surface area contributed by atoms with Crippen LogP contribution in [-0.2, 0) is 0 Å². The van der Waals surface area contributed by atoms with Crippen LogP contribution in [0.1, 0.15) is 42.9 Å². The Morgan fingerprint density at radius 2 is 2.06 bits per heavy atom. The summed E-state index contributed by atoms with van der Waals surface area (Å²) >= 11 is 3.30. The molecule has 2 N–H and O–H groups in total. The van der Waals surface area contributed by atoms with Crippen LogP contribution in [0.5, 0.6) is 0 Å². The molecule has 1 aliphatic carbocycles. The van der Waals surface area contributed by atoms with Crippen LogP contribution in [0.3, 0.4) is 0 Å². The number of thiazole rings is 2. The van der Waals surface area contributed by atoms with Gasteiger partial charge in [0, 0.05) is 16.5 Å². The number of hydrogen-bond donors (Lipinski definition) is 1. The van der Waals surface area contributed by atoms with Gasteiger partial charge < -0.3 is 5.73 Å². The minimum Gasteiger partial charge on any atom is -0.375 e. The fourth-order valence-electron chi connectivity index (χ4n) is 2.48. The standard InChI is InChI=1S/C12H15N3S2/c13-12-15-9(11-14-6-7-16-11)10(17-12)8-4-2-1-3-5-8/h6-8H,1-5H2,(H2,13,15). The van der Waals surface area contributed by atoms with Gasteiger partial charge in [-0.25, -0.2) is 9.97 Å². The summed E-state index contributed by atoms with van der Waals surface area (Å²) < 4.78 is 0. The number of anilines is 1. The van der Waals surface area contributed by atoms with Crippen molar-refractivity contribution >= 4 is 27.8 Å². The van der Waals surface area contributed by atoms with E-state index in [1.54, 1.807) is 22.7 Å². The molecule has 0 bridgehead atoms. The zero-order chi connectivity index (χ0) is 11.7. The van der Waals surface area contributed by atoms with E-state index in [0.717, 1.165) is 10.7 Å². The van der Waals surface area contributed by atoms with E-state index in [-0.39, 0.29) is 0 Å². The molecule has 0 radical (unpaired) electrons. The fourth-order valence-corrected chi connectivity index (χ4v) is 4.19. The van der Waals surface area contributed by atoms with E-state index in [1.165, 1.54) is 37.0 Å². The van der Waals surface area contributed by atoms with Gasteiger partial charge in [0.25, 0.3) is 0 Å². The van der Waals surface area contributed by atoms with E-state index < -0.39 is 0 Å². The Morgan fingerprint density at radius 1 is 1.24 bits per heavy atom. The quantitative estimate of drug-likeness (QED) is 0.896. The highest BCUT2D eigenvalue weighted by molar-refractivity contribution is 7.17. The predicted octanol–water partition coefficient (Wildman–Crippen LogP) is 3.90. The van der Waals surface area contributed by atoms with Crippen LogP contribution >= 0.6 is 22.7 Å². The van der Waals surface area contributed by atoms with Crippen LogP contribution in [-0.4, -0.2) is 9.97 Å². The zero-order valence-electron chi connectivity index (χ0n) is 9.56. The second-order valence-electron chi connectivity index (χ2n) is 4.44. The van der Waals surface area contributed by atoms with E-state index in [9.17, 15) is 0 Å². The van der Waals surface area contributed by atoms with Crippen molar-refractivity contribution in [2.75, 3.05) is 5.73 Å². The monoisotopic (exact) mass is 265 g/mol. The molecule has 0 aromatic carbocycles. The van der Waals surface area contributed by atoms with Crippen molar-refractivity contribution in [3.8, 4) is 10.7 Å². The van der Waals surface area contributed by atoms with Crippen molar-refractivity contribution in [1.29, 1.82) is 0 Å². The van der Waals surface area contributed by atoms with Gasteiger partial charge in [0.2, 0.25) is 0 Å². The summed E-state index contributed by atoms with van der Waals surface area (Å²) in [6.45, 7) is 0. The molecule has 17 heavy (non-hydrogen) atoms. The van der Waals surface area contributed by atoms with Gasteiger partial charge in [-0.2, -0.15) is 0 Å². The lowest BCUT2D eigenvalue weighted by atomic mass is 9.87. The summed E-state index contributed by atoms with van der Waals surface area (Å²) in [7, 11) is 0. The summed E-state index contributed by atoms with van der Waals surface area (Å²) in [6, 6.07) is 0. The number of nitrogens with zero attached hydrogens (tertiary/aromatic N) is 2. The summed E-state index contributed by atoms with van der Waals surface area (Å²) in [5.41, 5.74) is 6.91. The SMILES string of the molecule is Nc1nc(-c2nccs2)c(C2CCCCC2)s1. The van der Waals surface area contributed by atoms with Crippen LogP contribution in [0.2, 0.25) is 0 Å². The summed E-state index contributed by atoms with van der Waals surface area (Å²) in [4.78, 5) is 10.2. The number of nitrogens with two attached hydrogens (primary N) is 1. The molecule has 2 aromatic rings. The molecule has 2 heterocycles. The van der Waals surface area contributed by atoms with Crippen molar-refractivity contribution in [2.24, 2.45) is 0 Å². The van der Waals surface area contributed by atoms with Crippen LogP contribution in [0.25, 0.3) is 10.7 Å². The molecule has 1 saturated carbocycles. The first-order valence-electron chi connectivity index (χ1n) is 6.00. The van der Waals surface area contributed by atoms with Crippen molar-refractivity contribution < 1.29 is 0 Å². The van der Waals surface area contributed by atoms with Crippen molar-refractivity contribution in [2.45, 2.75) is 38.0 Å². The third kappa shape index (κ3) is 2.21. The topological polar surface area (TPSA) is 51.8 Å². The maximum absolute atomic E-state index is 5.88. The summed E-state index contributed by atoms with van der Waals surface area (Å²) in [6.07, 6.45) is 8.43. The number of nitrogen functional groups attached to an aromatic ring is 1. The molecular weight excluding hydrogens is 250 g/mol. The molecule has 5 heteroatoms. The Morgan fingerprint density at radius 3 is 2.76 bits per heavy atom. The number of rotatable bonds is 2. The number of aromatic nitrogens is 2. The van der Waals surface area contributed by atoms with Gasteiger partial charge in [-0.05, 0) is 18.8 Å². The van der Waals surface area contributed by atoms with E-state index in [4.69, 9.17) is 5.73 Å². The van der Waals surface area contributed by atoms with Crippen LogP contribution in [0.15, 0.2) is 11.6 Å². The molecule has 2 aromatic heterocycles. The van der Waals surface area contributed by atoms with Gasteiger partial charge in [0.05, 0.1) is 0 Å². The number of hydrogen-bond acceptors (Lipinski definition) is 5. The molecule has 3 rings (SSSR count). The van der Waals surface area contributed by atoms with E-state index in [2.05, 4.69) is 9.97 Å². The van der Waals surface area contributed by atoms with Gasteiger partial charge in [0.1, 0.15) is 10.7 Å². The second kappa shape index (κ2) is 4.74. The minimum absolute atomic E-state index is 0.650. The van der Waals surface area contributed by atoms with Gasteiger partial charge in [-0.3, -0.25) is 0 Å². The third-order valence-electron chi connectivity index (χ3n) is 3.28. The Bertz CT molecular complexity index is 484. The highest BCUT2D eigenvalue weighted by Crippen LogP contribution is 2.42. The molecule has 0 saturated heterocycles. The minimum atomic E-state index is 0.650. The van der Waals surface area contributed by atoms with E-state index in [1.807, 2.05) is 11.6 Å². The smallest absolute Gasteiger partial charge is 0.180 e. The van der Waals surface area contributed by atoms with Gasteiger partial charge in [0.15, 0.2) is 5.13 Å². The lowest BCUT2D eigenvalue weighted by Crippen LogP contribution is -2.03. The largest absolute Gasteiger partial charge is 0.375 e. The molecule has 1 fully saturated rings. The Hall–Kier alpha value is -0.940. The molecule has 0 atom stereocenters. The van der Waals surface area contributed by atoms with Gasteiger partial charge in [-0.15, -0.1) is 22.7 Å². The van der Waals surface area contributed by atoms with Crippen molar-refractivity contribution in [3.05, 3.63) is 16.5 Å². The maximum Gasteiger partial charge on any atom is 0.180 e. The molecule has 90 valence electrons. The van der Waals surface area contributed by atoms with Gasteiger partial charge >= 0.3 is 0 Å². The normalized spacial score (nSPS) is 17.4. The third-order valence-corrected chi connectivity index (χ3v) is 5.11. The van der Waals surface area contributed by atoms with Crippen LogP contribution in [0, 0.1) is 0 Å². The Labute approximate surface area is 109 Å². The molecule has 0 aliphatic heterocycles. The van der Waals surface area contributed by atoms with Crippen LogP contribution in [0.4, 0.5) is 5.13 Å². The zero-order valence-corrected chi connectivity index (χ0v) is 11.2.